The Hall–Kier alpha value is -1.94. The molecule has 0 aromatic heterocycles. The monoisotopic (exact) mass is 530 g/mol. The molecule has 1 fully saturated rings. The standard InChI is InChI=1S/C22H28F2N4O.HI/c1-2-25-22(26-14-16-3-6-19(29)7-4-16)27-18-9-11-28(12-10-18)15-17-5-8-20(23)21(24)13-17;/h3-8,13,18,29H,2,9-12,14-15H2,1H3,(H2,25,26,27);1H. The van der Waals surface area contributed by atoms with Crippen molar-refractivity contribution in [2.45, 2.75) is 38.9 Å². The van der Waals surface area contributed by atoms with Crippen molar-refractivity contribution in [3.63, 3.8) is 0 Å². The van der Waals surface area contributed by atoms with E-state index >= 15 is 0 Å². The highest BCUT2D eigenvalue weighted by Gasteiger charge is 2.20. The van der Waals surface area contributed by atoms with Crippen LogP contribution in [0.5, 0.6) is 5.75 Å². The van der Waals surface area contributed by atoms with E-state index < -0.39 is 11.6 Å². The summed E-state index contributed by atoms with van der Waals surface area (Å²) in [5, 5.41) is 16.1. The predicted octanol–water partition coefficient (Wildman–Crippen LogP) is 4.01. The van der Waals surface area contributed by atoms with Gasteiger partial charge in [-0.1, -0.05) is 18.2 Å². The van der Waals surface area contributed by atoms with Crippen molar-refractivity contribution in [2.75, 3.05) is 19.6 Å². The lowest BCUT2D eigenvalue weighted by molar-refractivity contribution is 0.198. The number of phenols is 1. The lowest BCUT2D eigenvalue weighted by Crippen LogP contribution is -2.48. The Bertz CT molecular complexity index is 824. The van der Waals surface area contributed by atoms with E-state index in [0.717, 1.165) is 49.6 Å². The zero-order valence-electron chi connectivity index (χ0n) is 17.1. The number of hydrogen-bond acceptors (Lipinski definition) is 3. The van der Waals surface area contributed by atoms with Gasteiger partial charge in [-0.2, -0.15) is 0 Å². The molecule has 5 nitrogen and oxygen atoms in total. The van der Waals surface area contributed by atoms with Crippen LogP contribution in [0, 0.1) is 11.6 Å². The van der Waals surface area contributed by atoms with Gasteiger partial charge < -0.3 is 15.7 Å². The minimum Gasteiger partial charge on any atom is -0.508 e. The molecular formula is C22H29F2IN4O. The van der Waals surface area contributed by atoms with Crippen LogP contribution < -0.4 is 10.6 Å². The molecule has 3 rings (SSSR count). The molecule has 0 bridgehead atoms. The lowest BCUT2D eigenvalue weighted by Gasteiger charge is -2.33. The van der Waals surface area contributed by atoms with Crippen molar-refractivity contribution in [2.24, 2.45) is 4.99 Å². The number of piperidine rings is 1. The Morgan fingerprint density at radius 1 is 1.07 bits per heavy atom. The van der Waals surface area contributed by atoms with Gasteiger partial charge in [-0.05, 0) is 55.2 Å². The Balaban J connectivity index is 0.00000320. The Kier molecular flexibility index (Phi) is 9.77. The van der Waals surface area contributed by atoms with Crippen LogP contribution in [0.1, 0.15) is 30.9 Å². The van der Waals surface area contributed by atoms with Crippen LogP contribution in [0.25, 0.3) is 0 Å². The van der Waals surface area contributed by atoms with Crippen LogP contribution >= 0.6 is 24.0 Å². The van der Waals surface area contributed by atoms with Gasteiger partial charge in [0.1, 0.15) is 5.75 Å². The minimum atomic E-state index is -0.806. The maximum absolute atomic E-state index is 13.4. The number of nitrogens with zero attached hydrogens (tertiary/aromatic N) is 2. The summed E-state index contributed by atoms with van der Waals surface area (Å²) in [4.78, 5) is 6.89. The smallest absolute Gasteiger partial charge is 0.191 e. The number of nitrogens with one attached hydrogen (secondary N) is 2. The Morgan fingerprint density at radius 3 is 2.37 bits per heavy atom. The summed E-state index contributed by atoms with van der Waals surface area (Å²) in [6.45, 7) is 5.73. The van der Waals surface area contributed by atoms with Gasteiger partial charge in [-0.25, -0.2) is 13.8 Å². The molecule has 0 atom stereocenters. The van der Waals surface area contributed by atoms with E-state index in [0.29, 0.717) is 19.1 Å². The van der Waals surface area contributed by atoms with Crippen molar-refractivity contribution in [3.8, 4) is 5.75 Å². The molecule has 0 spiro atoms. The zero-order valence-corrected chi connectivity index (χ0v) is 19.4. The second-order valence-corrected chi connectivity index (χ2v) is 7.30. The van der Waals surface area contributed by atoms with Gasteiger partial charge in [-0.15, -0.1) is 24.0 Å². The largest absolute Gasteiger partial charge is 0.508 e. The van der Waals surface area contributed by atoms with E-state index in [9.17, 15) is 13.9 Å². The normalized spacial score (nSPS) is 15.5. The van der Waals surface area contributed by atoms with Gasteiger partial charge >= 0.3 is 0 Å². The van der Waals surface area contributed by atoms with E-state index in [2.05, 4.69) is 20.5 Å². The first-order chi connectivity index (χ1) is 14.0. The molecule has 1 aliphatic rings. The molecule has 0 saturated carbocycles. The molecule has 1 heterocycles. The molecule has 30 heavy (non-hydrogen) atoms. The fraction of sp³-hybridized carbons (Fsp3) is 0.409. The average molecular weight is 530 g/mol. The van der Waals surface area contributed by atoms with Crippen LogP contribution in [0.2, 0.25) is 0 Å². The molecule has 0 aliphatic carbocycles. The first-order valence-corrected chi connectivity index (χ1v) is 10.0. The van der Waals surface area contributed by atoms with Gasteiger partial charge in [0.2, 0.25) is 0 Å². The number of hydrogen-bond donors (Lipinski definition) is 3. The number of rotatable bonds is 6. The van der Waals surface area contributed by atoms with Crippen molar-refractivity contribution in [1.29, 1.82) is 0 Å². The predicted molar refractivity (Wildman–Crippen MR) is 126 cm³/mol. The number of phenolic OH excluding ortho intramolecular Hbond substituents is 1. The fourth-order valence-electron chi connectivity index (χ4n) is 3.42. The number of benzene rings is 2. The molecule has 3 N–H and O–H groups in total. The number of aromatic hydroxyl groups is 1. The Labute approximate surface area is 193 Å². The van der Waals surface area contributed by atoms with Gasteiger partial charge in [0.05, 0.1) is 6.54 Å². The second-order valence-electron chi connectivity index (χ2n) is 7.30. The Morgan fingerprint density at radius 2 is 1.73 bits per heavy atom. The average Bonchev–Trinajstić information content (AvgIpc) is 2.72. The fourth-order valence-corrected chi connectivity index (χ4v) is 3.42. The minimum absolute atomic E-state index is 0. The first-order valence-electron chi connectivity index (χ1n) is 10.0. The van der Waals surface area contributed by atoms with Gasteiger partial charge in [0.25, 0.3) is 0 Å². The number of halogens is 3. The van der Waals surface area contributed by atoms with E-state index in [-0.39, 0.29) is 29.7 Å². The molecule has 0 amide bonds. The number of guanidine groups is 1. The maximum atomic E-state index is 13.4. The number of aliphatic imine (C=N–C) groups is 1. The highest BCUT2D eigenvalue weighted by molar-refractivity contribution is 14.0. The van der Waals surface area contributed by atoms with Gasteiger partial charge in [0, 0.05) is 32.2 Å². The van der Waals surface area contributed by atoms with Crippen LogP contribution in [-0.4, -0.2) is 41.6 Å². The third kappa shape index (κ3) is 7.39. The third-order valence-electron chi connectivity index (χ3n) is 5.02. The van der Waals surface area contributed by atoms with Crippen molar-refractivity contribution in [3.05, 3.63) is 65.2 Å². The summed E-state index contributed by atoms with van der Waals surface area (Å²) < 4.78 is 26.5. The highest BCUT2D eigenvalue weighted by Crippen LogP contribution is 2.16. The molecule has 1 aliphatic heterocycles. The van der Waals surface area contributed by atoms with E-state index in [1.54, 1.807) is 18.2 Å². The van der Waals surface area contributed by atoms with Gasteiger partial charge in [-0.3, -0.25) is 4.90 Å². The lowest BCUT2D eigenvalue weighted by atomic mass is 10.0. The summed E-state index contributed by atoms with van der Waals surface area (Å²) in [6, 6.07) is 11.5. The van der Waals surface area contributed by atoms with Gasteiger partial charge in [0.15, 0.2) is 17.6 Å². The summed E-state index contributed by atoms with van der Waals surface area (Å²) in [5.41, 5.74) is 1.82. The SMILES string of the molecule is CCNC(=NCc1ccc(O)cc1)NC1CCN(Cc2ccc(F)c(F)c2)CC1.I. The van der Waals surface area contributed by atoms with Crippen LogP contribution in [0.4, 0.5) is 8.78 Å². The number of likely N-dealkylation sites (tertiary alicyclic amines) is 1. The zero-order chi connectivity index (χ0) is 20.6. The first kappa shape index (κ1) is 24.3. The van der Waals surface area contributed by atoms with Crippen molar-refractivity contribution < 1.29 is 13.9 Å². The van der Waals surface area contributed by atoms with Crippen LogP contribution in [0.15, 0.2) is 47.5 Å². The highest BCUT2D eigenvalue weighted by atomic mass is 127. The third-order valence-corrected chi connectivity index (χ3v) is 5.02. The van der Waals surface area contributed by atoms with Crippen LogP contribution in [0.3, 0.4) is 0 Å². The van der Waals surface area contributed by atoms with Crippen molar-refractivity contribution in [1.82, 2.24) is 15.5 Å². The molecule has 164 valence electrons. The molecular weight excluding hydrogens is 501 g/mol. The molecule has 2 aromatic rings. The summed E-state index contributed by atoms with van der Waals surface area (Å²) >= 11 is 0. The van der Waals surface area contributed by atoms with Crippen LogP contribution in [-0.2, 0) is 13.1 Å². The molecule has 0 radical (unpaired) electrons. The topological polar surface area (TPSA) is 59.9 Å². The van der Waals surface area contributed by atoms with Crippen molar-refractivity contribution >= 4 is 29.9 Å². The molecule has 2 aromatic carbocycles. The van der Waals surface area contributed by atoms with E-state index in [1.807, 2.05) is 19.1 Å². The molecule has 0 unspecified atom stereocenters. The van der Waals surface area contributed by atoms with E-state index in [4.69, 9.17) is 0 Å². The quantitative estimate of drug-likeness (QED) is 0.300. The summed E-state index contributed by atoms with van der Waals surface area (Å²) in [6.07, 6.45) is 1.90. The summed E-state index contributed by atoms with van der Waals surface area (Å²) in [7, 11) is 0. The van der Waals surface area contributed by atoms with E-state index in [1.165, 1.54) is 12.1 Å². The second kappa shape index (κ2) is 12.0. The molecule has 8 heteroatoms. The molecule has 1 saturated heterocycles. The maximum Gasteiger partial charge on any atom is 0.191 e. The summed E-state index contributed by atoms with van der Waals surface area (Å²) in [5.74, 6) is -0.573.